The third-order valence-corrected chi connectivity index (χ3v) is 4.83. The monoisotopic (exact) mass is 368 g/mol. The molecule has 0 unspecified atom stereocenters. The van der Waals surface area contributed by atoms with Crippen LogP contribution in [-0.2, 0) is 18.2 Å². The molecule has 1 aliphatic rings. The van der Waals surface area contributed by atoms with E-state index in [0.717, 1.165) is 22.6 Å². The number of aromatic nitrogens is 2. The van der Waals surface area contributed by atoms with Crippen LogP contribution in [0.3, 0.4) is 0 Å². The standard InChI is InChI=1S/C14H14Br2N2/c15-8-10-5-6-11(7-12(10)16)18-9-17-13-3-1-2-4-14(13)18/h5-7,9H,1-4,8H2. The second kappa shape index (κ2) is 5.17. The molecule has 2 aromatic rings. The second-order valence-electron chi connectivity index (χ2n) is 4.62. The molecule has 0 fully saturated rings. The van der Waals surface area contributed by atoms with E-state index in [4.69, 9.17) is 0 Å². The molecule has 0 saturated carbocycles. The number of hydrogen-bond acceptors (Lipinski definition) is 1. The summed E-state index contributed by atoms with van der Waals surface area (Å²) in [4.78, 5) is 4.54. The first-order chi connectivity index (χ1) is 8.79. The normalized spacial score (nSPS) is 14.6. The smallest absolute Gasteiger partial charge is 0.0997 e. The van der Waals surface area contributed by atoms with Crippen molar-refractivity contribution in [3.8, 4) is 5.69 Å². The first-order valence-corrected chi connectivity index (χ1v) is 8.11. The molecule has 1 aromatic carbocycles. The maximum absolute atomic E-state index is 4.54. The highest BCUT2D eigenvalue weighted by Crippen LogP contribution is 2.27. The van der Waals surface area contributed by atoms with Crippen molar-refractivity contribution >= 4 is 31.9 Å². The molecule has 0 aliphatic heterocycles. The molecular weight excluding hydrogens is 356 g/mol. The van der Waals surface area contributed by atoms with E-state index in [0.29, 0.717) is 0 Å². The van der Waals surface area contributed by atoms with Crippen molar-refractivity contribution < 1.29 is 0 Å². The first kappa shape index (κ1) is 12.4. The minimum atomic E-state index is 0.871. The predicted molar refractivity (Wildman–Crippen MR) is 80.5 cm³/mol. The molecule has 4 heteroatoms. The van der Waals surface area contributed by atoms with Gasteiger partial charge in [0.15, 0.2) is 0 Å². The Labute approximate surface area is 124 Å². The largest absolute Gasteiger partial charge is 0.303 e. The first-order valence-electron chi connectivity index (χ1n) is 6.19. The lowest BCUT2D eigenvalue weighted by atomic mass is 10.0. The van der Waals surface area contributed by atoms with Gasteiger partial charge in [-0.05, 0) is 43.4 Å². The van der Waals surface area contributed by atoms with Gasteiger partial charge in [0.25, 0.3) is 0 Å². The zero-order valence-corrected chi connectivity index (χ0v) is 13.2. The van der Waals surface area contributed by atoms with E-state index in [-0.39, 0.29) is 0 Å². The average Bonchev–Trinajstić information content (AvgIpc) is 2.82. The van der Waals surface area contributed by atoms with E-state index in [9.17, 15) is 0 Å². The molecule has 1 heterocycles. The fraction of sp³-hybridized carbons (Fsp3) is 0.357. The molecule has 18 heavy (non-hydrogen) atoms. The third kappa shape index (κ3) is 2.16. The summed E-state index contributed by atoms with van der Waals surface area (Å²) < 4.78 is 3.38. The highest BCUT2D eigenvalue weighted by molar-refractivity contribution is 9.10. The van der Waals surface area contributed by atoms with Crippen LogP contribution >= 0.6 is 31.9 Å². The van der Waals surface area contributed by atoms with E-state index >= 15 is 0 Å². The van der Waals surface area contributed by atoms with E-state index in [1.54, 1.807) is 0 Å². The van der Waals surface area contributed by atoms with E-state index in [2.05, 4.69) is 59.6 Å². The lowest BCUT2D eigenvalue weighted by Crippen LogP contribution is -2.06. The maximum Gasteiger partial charge on any atom is 0.0997 e. The molecule has 1 aliphatic carbocycles. The van der Waals surface area contributed by atoms with Gasteiger partial charge in [-0.3, -0.25) is 0 Å². The summed E-state index contributed by atoms with van der Waals surface area (Å²) in [6.07, 6.45) is 6.79. The van der Waals surface area contributed by atoms with Crippen molar-refractivity contribution in [1.29, 1.82) is 0 Å². The Balaban J connectivity index is 2.04. The molecule has 0 saturated heterocycles. The number of aryl methyl sites for hydroxylation is 1. The van der Waals surface area contributed by atoms with Crippen LogP contribution < -0.4 is 0 Å². The van der Waals surface area contributed by atoms with Gasteiger partial charge in [0.05, 0.1) is 12.0 Å². The molecular formula is C14H14Br2N2. The van der Waals surface area contributed by atoms with Gasteiger partial charge in [0, 0.05) is 21.2 Å². The lowest BCUT2D eigenvalue weighted by Gasteiger charge is -2.14. The number of nitrogens with zero attached hydrogens (tertiary/aromatic N) is 2. The topological polar surface area (TPSA) is 17.8 Å². The van der Waals surface area contributed by atoms with Crippen molar-refractivity contribution in [2.75, 3.05) is 0 Å². The zero-order valence-electron chi connectivity index (χ0n) is 10.00. The summed E-state index contributed by atoms with van der Waals surface area (Å²) in [6.45, 7) is 0. The molecule has 2 nitrogen and oxygen atoms in total. The summed E-state index contributed by atoms with van der Waals surface area (Å²) in [5.74, 6) is 0. The summed E-state index contributed by atoms with van der Waals surface area (Å²) in [6, 6.07) is 6.49. The summed E-state index contributed by atoms with van der Waals surface area (Å²) in [5, 5.41) is 0.871. The number of fused-ring (bicyclic) bond motifs is 1. The van der Waals surface area contributed by atoms with Crippen molar-refractivity contribution in [2.45, 2.75) is 31.0 Å². The Hall–Kier alpha value is -0.610. The van der Waals surface area contributed by atoms with Crippen LogP contribution in [0.4, 0.5) is 0 Å². The Morgan fingerprint density at radius 2 is 2.06 bits per heavy atom. The van der Waals surface area contributed by atoms with Crippen LogP contribution in [-0.4, -0.2) is 9.55 Å². The van der Waals surface area contributed by atoms with Gasteiger partial charge in [-0.1, -0.05) is 37.9 Å². The number of rotatable bonds is 2. The van der Waals surface area contributed by atoms with Crippen LogP contribution in [0.2, 0.25) is 0 Å². The van der Waals surface area contributed by atoms with Crippen LogP contribution in [0.5, 0.6) is 0 Å². The van der Waals surface area contributed by atoms with Gasteiger partial charge < -0.3 is 4.57 Å². The van der Waals surface area contributed by atoms with Gasteiger partial charge in [0.2, 0.25) is 0 Å². The van der Waals surface area contributed by atoms with E-state index in [1.807, 2.05) is 6.33 Å². The minimum absolute atomic E-state index is 0.871. The SMILES string of the molecule is BrCc1ccc(-n2cnc3c2CCCC3)cc1Br. The Kier molecular flexibility index (Phi) is 3.57. The van der Waals surface area contributed by atoms with Crippen LogP contribution in [0, 0.1) is 0 Å². The molecule has 94 valence electrons. The summed E-state index contributed by atoms with van der Waals surface area (Å²) in [5.41, 5.74) is 5.14. The lowest BCUT2D eigenvalue weighted by molar-refractivity contribution is 0.656. The number of benzene rings is 1. The zero-order chi connectivity index (χ0) is 12.5. The average molecular weight is 370 g/mol. The van der Waals surface area contributed by atoms with Gasteiger partial charge >= 0.3 is 0 Å². The maximum atomic E-state index is 4.54. The fourth-order valence-electron chi connectivity index (χ4n) is 2.49. The third-order valence-electron chi connectivity index (χ3n) is 3.49. The van der Waals surface area contributed by atoms with Crippen LogP contribution in [0.15, 0.2) is 29.0 Å². The highest BCUT2D eigenvalue weighted by atomic mass is 79.9. The van der Waals surface area contributed by atoms with Gasteiger partial charge in [-0.15, -0.1) is 0 Å². The van der Waals surface area contributed by atoms with Crippen molar-refractivity contribution in [3.05, 3.63) is 46.0 Å². The summed E-state index contributed by atoms with van der Waals surface area (Å²) in [7, 11) is 0. The number of halogens is 2. The molecule has 0 amide bonds. The van der Waals surface area contributed by atoms with Crippen LogP contribution in [0.25, 0.3) is 5.69 Å². The Bertz CT molecular complexity index is 575. The van der Waals surface area contributed by atoms with Gasteiger partial charge in [0.1, 0.15) is 0 Å². The molecule has 0 spiro atoms. The molecule has 1 aromatic heterocycles. The molecule has 0 radical (unpaired) electrons. The molecule has 3 rings (SSSR count). The Morgan fingerprint density at radius 1 is 1.22 bits per heavy atom. The molecule has 0 atom stereocenters. The van der Waals surface area contributed by atoms with Crippen LogP contribution in [0.1, 0.15) is 29.8 Å². The Morgan fingerprint density at radius 3 is 2.83 bits per heavy atom. The quantitative estimate of drug-likeness (QED) is 0.717. The number of alkyl halides is 1. The number of hydrogen-bond donors (Lipinski definition) is 0. The predicted octanol–water partition coefficient (Wildman–Crippen LogP) is 4.41. The molecule has 0 bridgehead atoms. The summed E-state index contributed by atoms with van der Waals surface area (Å²) >= 11 is 7.12. The van der Waals surface area contributed by atoms with Crippen molar-refractivity contribution in [1.82, 2.24) is 9.55 Å². The second-order valence-corrected chi connectivity index (χ2v) is 6.04. The van der Waals surface area contributed by atoms with E-state index in [1.165, 1.54) is 35.5 Å². The number of imidazole rings is 1. The van der Waals surface area contributed by atoms with Gasteiger partial charge in [-0.25, -0.2) is 4.98 Å². The fourth-order valence-corrected chi connectivity index (χ4v) is 3.86. The van der Waals surface area contributed by atoms with Crippen molar-refractivity contribution in [2.24, 2.45) is 0 Å². The molecule has 0 N–H and O–H groups in total. The van der Waals surface area contributed by atoms with Crippen molar-refractivity contribution in [3.63, 3.8) is 0 Å². The highest BCUT2D eigenvalue weighted by Gasteiger charge is 2.16. The minimum Gasteiger partial charge on any atom is -0.303 e. The van der Waals surface area contributed by atoms with E-state index < -0.39 is 0 Å². The van der Waals surface area contributed by atoms with Gasteiger partial charge in [-0.2, -0.15) is 0 Å².